The molecule has 0 saturated carbocycles. The molecule has 1 aromatic rings. The van der Waals surface area contributed by atoms with Crippen molar-refractivity contribution in [1.82, 2.24) is 15.5 Å². The van der Waals surface area contributed by atoms with Crippen molar-refractivity contribution in [3.63, 3.8) is 0 Å². The van der Waals surface area contributed by atoms with Gasteiger partial charge in [0.05, 0.1) is 11.5 Å². The molecule has 0 aliphatic heterocycles. The average Bonchev–Trinajstić information content (AvgIpc) is 2.62. The minimum Gasteiger partial charge on any atom is -0.356 e. The number of benzene rings is 1. The molecule has 1 aromatic carbocycles. The summed E-state index contributed by atoms with van der Waals surface area (Å²) in [6, 6.07) is 7.53. The average molecular weight is 523 g/mol. The molecule has 0 atom stereocenters. The number of thioether (sulfide) groups is 1. The molecule has 0 aromatic heterocycles. The zero-order chi connectivity index (χ0) is 20.2. The molecule has 9 heteroatoms. The van der Waals surface area contributed by atoms with Gasteiger partial charge in [-0.25, -0.2) is 4.99 Å². The summed E-state index contributed by atoms with van der Waals surface area (Å²) < 4.78 is 0. The molecule has 0 unspecified atom stereocenters. The Labute approximate surface area is 190 Å². The highest BCUT2D eigenvalue weighted by Crippen LogP contribution is 2.12. The van der Waals surface area contributed by atoms with Gasteiger partial charge >= 0.3 is 0 Å². The molecule has 1 rings (SSSR count). The van der Waals surface area contributed by atoms with Crippen molar-refractivity contribution in [1.29, 1.82) is 0 Å². The highest BCUT2D eigenvalue weighted by Gasteiger charge is 2.12. The van der Waals surface area contributed by atoms with Crippen LogP contribution >= 0.6 is 35.7 Å². The molecule has 0 amide bonds. The van der Waals surface area contributed by atoms with E-state index in [2.05, 4.69) is 54.5 Å². The van der Waals surface area contributed by atoms with Gasteiger partial charge in [0.25, 0.3) is 5.69 Å². The lowest BCUT2D eigenvalue weighted by atomic mass is 10.2. The molecule has 28 heavy (non-hydrogen) atoms. The smallest absolute Gasteiger partial charge is 0.269 e. The maximum Gasteiger partial charge on any atom is 0.269 e. The zero-order valence-electron chi connectivity index (χ0n) is 17.5. The normalized spacial score (nSPS) is 11.6. The maximum absolute atomic E-state index is 10.7. The summed E-state index contributed by atoms with van der Waals surface area (Å²) in [5.74, 6) is 1.78. The highest BCUT2D eigenvalue weighted by atomic mass is 127. The lowest BCUT2D eigenvalue weighted by Gasteiger charge is -2.30. The number of hydrogen-bond acceptors (Lipinski definition) is 5. The second kappa shape index (κ2) is 14.9. The standard InChI is InChI=1S/C19H33N5O2S.HI/c1-15(2)23(16(3)4)12-10-20-19(21-11-13-27-5)22-14-17-6-8-18(9-7-17)24(25)26;/h6-9,15-16H,10-14H2,1-5H3,(H2,20,21,22);1H. The molecule has 7 nitrogen and oxygen atoms in total. The van der Waals surface area contributed by atoms with Crippen LogP contribution in [0.2, 0.25) is 0 Å². The van der Waals surface area contributed by atoms with Crippen molar-refractivity contribution < 1.29 is 4.92 Å². The van der Waals surface area contributed by atoms with Crippen LogP contribution in [0.25, 0.3) is 0 Å². The van der Waals surface area contributed by atoms with E-state index in [-0.39, 0.29) is 34.6 Å². The van der Waals surface area contributed by atoms with E-state index in [1.165, 1.54) is 12.1 Å². The van der Waals surface area contributed by atoms with Gasteiger partial charge in [0.1, 0.15) is 0 Å². The largest absolute Gasteiger partial charge is 0.356 e. The van der Waals surface area contributed by atoms with Crippen molar-refractivity contribution >= 4 is 47.4 Å². The zero-order valence-corrected chi connectivity index (χ0v) is 20.6. The molecule has 2 N–H and O–H groups in total. The van der Waals surface area contributed by atoms with Gasteiger partial charge in [-0.2, -0.15) is 11.8 Å². The van der Waals surface area contributed by atoms with Gasteiger partial charge in [-0.3, -0.25) is 15.0 Å². The van der Waals surface area contributed by atoms with Crippen LogP contribution in [0, 0.1) is 10.1 Å². The van der Waals surface area contributed by atoms with Crippen molar-refractivity contribution in [2.75, 3.05) is 31.6 Å². The Balaban J connectivity index is 0.00000729. The first-order chi connectivity index (χ1) is 12.8. The van der Waals surface area contributed by atoms with E-state index >= 15 is 0 Å². The number of nitrogens with one attached hydrogen (secondary N) is 2. The van der Waals surface area contributed by atoms with Crippen LogP contribution in [-0.2, 0) is 6.54 Å². The number of aliphatic imine (C=N–C) groups is 1. The Morgan fingerprint density at radius 2 is 1.71 bits per heavy atom. The molecular weight excluding hydrogens is 489 g/mol. The minimum absolute atomic E-state index is 0. The van der Waals surface area contributed by atoms with Crippen LogP contribution in [0.4, 0.5) is 5.69 Å². The van der Waals surface area contributed by atoms with E-state index < -0.39 is 0 Å². The van der Waals surface area contributed by atoms with E-state index in [0.29, 0.717) is 18.6 Å². The third-order valence-corrected chi connectivity index (χ3v) is 4.77. The fourth-order valence-electron chi connectivity index (χ4n) is 2.76. The van der Waals surface area contributed by atoms with E-state index in [4.69, 9.17) is 0 Å². The van der Waals surface area contributed by atoms with Crippen molar-refractivity contribution in [3.05, 3.63) is 39.9 Å². The predicted octanol–water partition coefficient (Wildman–Crippen LogP) is 3.73. The van der Waals surface area contributed by atoms with Gasteiger partial charge in [-0.15, -0.1) is 24.0 Å². The van der Waals surface area contributed by atoms with Crippen molar-refractivity contribution in [2.45, 2.75) is 46.3 Å². The van der Waals surface area contributed by atoms with Crippen LogP contribution in [0.1, 0.15) is 33.3 Å². The van der Waals surface area contributed by atoms with Crippen LogP contribution in [0.15, 0.2) is 29.3 Å². The van der Waals surface area contributed by atoms with E-state index in [1.54, 1.807) is 23.9 Å². The highest BCUT2D eigenvalue weighted by molar-refractivity contribution is 14.0. The number of guanidine groups is 1. The molecule has 0 saturated heterocycles. The van der Waals surface area contributed by atoms with Gasteiger partial charge in [0.15, 0.2) is 5.96 Å². The maximum atomic E-state index is 10.7. The Morgan fingerprint density at radius 3 is 2.21 bits per heavy atom. The van der Waals surface area contributed by atoms with E-state index in [1.807, 2.05) is 0 Å². The SMILES string of the molecule is CSCCNC(=NCc1ccc([N+](=O)[O-])cc1)NCCN(C(C)C)C(C)C.I. The number of nitro benzene ring substituents is 1. The Morgan fingerprint density at radius 1 is 1.14 bits per heavy atom. The second-order valence-corrected chi connectivity index (χ2v) is 7.85. The van der Waals surface area contributed by atoms with Gasteiger partial charge in [0, 0.05) is 49.6 Å². The second-order valence-electron chi connectivity index (χ2n) is 6.86. The van der Waals surface area contributed by atoms with Crippen LogP contribution in [0.5, 0.6) is 0 Å². The van der Waals surface area contributed by atoms with Crippen molar-refractivity contribution in [3.8, 4) is 0 Å². The fraction of sp³-hybridized carbons (Fsp3) is 0.632. The van der Waals surface area contributed by atoms with Crippen LogP contribution in [0.3, 0.4) is 0 Å². The first-order valence-electron chi connectivity index (χ1n) is 9.35. The molecule has 0 aliphatic rings. The molecular formula is C19H34IN5O2S. The third kappa shape index (κ3) is 10.5. The summed E-state index contributed by atoms with van der Waals surface area (Å²) in [7, 11) is 0. The Hall–Kier alpha value is -1.07. The lowest BCUT2D eigenvalue weighted by molar-refractivity contribution is -0.384. The first kappa shape index (κ1) is 26.9. The molecule has 0 fully saturated rings. The molecule has 160 valence electrons. The molecule has 0 aliphatic carbocycles. The number of hydrogen-bond donors (Lipinski definition) is 2. The van der Waals surface area contributed by atoms with Gasteiger partial charge < -0.3 is 10.6 Å². The quantitative estimate of drug-likeness (QED) is 0.115. The van der Waals surface area contributed by atoms with E-state index in [9.17, 15) is 10.1 Å². The fourth-order valence-corrected chi connectivity index (χ4v) is 3.06. The minimum atomic E-state index is -0.390. The van der Waals surface area contributed by atoms with Gasteiger partial charge in [-0.1, -0.05) is 12.1 Å². The van der Waals surface area contributed by atoms with E-state index in [0.717, 1.165) is 36.9 Å². The summed E-state index contributed by atoms with van der Waals surface area (Å²) in [5.41, 5.74) is 1.04. The summed E-state index contributed by atoms with van der Waals surface area (Å²) in [4.78, 5) is 17.4. The summed E-state index contributed by atoms with van der Waals surface area (Å²) in [6.07, 6.45) is 2.08. The number of rotatable bonds is 11. The molecule has 0 heterocycles. The number of halogens is 1. The summed E-state index contributed by atoms with van der Waals surface area (Å²) >= 11 is 1.78. The summed E-state index contributed by atoms with van der Waals surface area (Å²) in [6.45, 7) is 11.9. The summed E-state index contributed by atoms with van der Waals surface area (Å²) in [5, 5.41) is 17.5. The Bertz CT molecular complexity index is 588. The molecule has 0 radical (unpaired) electrons. The molecule has 0 bridgehead atoms. The number of nitrogens with zero attached hydrogens (tertiary/aromatic N) is 3. The number of non-ortho nitro benzene ring substituents is 1. The number of nitro groups is 1. The van der Waals surface area contributed by atoms with Gasteiger partial charge in [-0.05, 0) is 39.5 Å². The van der Waals surface area contributed by atoms with Gasteiger partial charge in [0.2, 0.25) is 0 Å². The predicted molar refractivity (Wildman–Crippen MR) is 131 cm³/mol. The Kier molecular flexibility index (Phi) is 14.3. The topological polar surface area (TPSA) is 82.8 Å². The van der Waals surface area contributed by atoms with Crippen LogP contribution < -0.4 is 10.6 Å². The molecule has 0 spiro atoms. The van der Waals surface area contributed by atoms with Crippen LogP contribution in [-0.4, -0.2) is 59.5 Å². The third-order valence-electron chi connectivity index (χ3n) is 4.15. The first-order valence-corrected chi connectivity index (χ1v) is 10.7. The van der Waals surface area contributed by atoms with Crippen molar-refractivity contribution in [2.24, 2.45) is 4.99 Å². The monoisotopic (exact) mass is 523 g/mol. The lowest BCUT2D eigenvalue weighted by Crippen LogP contribution is -2.45.